The molecule has 0 aliphatic carbocycles. The first kappa shape index (κ1) is 17.9. The van der Waals surface area contributed by atoms with Crippen LogP contribution in [0.3, 0.4) is 0 Å². The predicted octanol–water partition coefficient (Wildman–Crippen LogP) is 2.92. The van der Waals surface area contributed by atoms with E-state index in [1.54, 1.807) is 30.6 Å². The molecule has 1 fully saturated rings. The fourth-order valence-electron chi connectivity index (χ4n) is 2.86. The Morgan fingerprint density at radius 1 is 1.48 bits per heavy atom. The molecule has 0 aromatic carbocycles. The summed E-state index contributed by atoms with van der Waals surface area (Å²) in [6.45, 7) is 2.26. The van der Waals surface area contributed by atoms with Crippen molar-refractivity contribution in [3.63, 3.8) is 0 Å². The maximum Gasteiger partial charge on any atom is 0.191 e. The fourth-order valence-corrected chi connectivity index (χ4v) is 3.95. The topological polar surface area (TPSA) is 52.6 Å². The van der Waals surface area contributed by atoms with Crippen molar-refractivity contribution < 1.29 is 4.39 Å². The van der Waals surface area contributed by atoms with Crippen LogP contribution in [0.5, 0.6) is 0 Å². The van der Waals surface area contributed by atoms with Crippen LogP contribution in [-0.2, 0) is 6.42 Å². The zero-order valence-electron chi connectivity index (χ0n) is 14.0. The van der Waals surface area contributed by atoms with Gasteiger partial charge in [0.05, 0.1) is 4.34 Å². The molecule has 134 valence electrons. The molecule has 2 aromatic rings. The molecule has 1 atom stereocenters. The van der Waals surface area contributed by atoms with Crippen molar-refractivity contribution in [1.29, 1.82) is 0 Å². The molecule has 5 nitrogen and oxygen atoms in total. The van der Waals surface area contributed by atoms with Gasteiger partial charge in [-0.2, -0.15) is 0 Å². The summed E-state index contributed by atoms with van der Waals surface area (Å²) < 4.78 is 14.7. The lowest BCUT2D eigenvalue weighted by atomic mass is 10.3. The van der Waals surface area contributed by atoms with Crippen LogP contribution < -0.4 is 15.5 Å². The van der Waals surface area contributed by atoms with E-state index in [9.17, 15) is 4.39 Å². The molecule has 0 bridgehead atoms. The first-order valence-corrected chi connectivity index (χ1v) is 9.42. The van der Waals surface area contributed by atoms with Gasteiger partial charge in [0.15, 0.2) is 17.6 Å². The summed E-state index contributed by atoms with van der Waals surface area (Å²) in [7, 11) is 1.75. The van der Waals surface area contributed by atoms with Crippen molar-refractivity contribution in [3.8, 4) is 0 Å². The van der Waals surface area contributed by atoms with Crippen LogP contribution in [0.15, 0.2) is 35.5 Å². The normalized spacial score (nSPS) is 17.8. The number of hydrogen-bond donors (Lipinski definition) is 2. The molecule has 0 spiro atoms. The van der Waals surface area contributed by atoms with Crippen molar-refractivity contribution in [1.82, 2.24) is 15.6 Å². The smallest absolute Gasteiger partial charge is 0.191 e. The second kappa shape index (κ2) is 8.49. The first-order valence-electron chi connectivity index (χ1n) is 8.22. The maximum atomic E-state index is 13.9. The quantitative estimate of drug-likeness (QED) is 0.617. The average Bonchev–Trinajstić information content (AvgIpc) is 3.23. The van der Waals surface area contributed by atoms with Crippen LogP contribution in [0.2, 0.25) is 4.34 Å². The zero-order valence-corrected chi connectivity index (χ0v) is 15.6. The second-order valence-electron chi connectivity index (χ2n) is 5.84. The monoisotopic (exact) mass is 381 g/mol. The SMILES string of the molecule is CN=C(NCCc1ccc(Cl)s1)NC1CCN(c2ncccc2F)C1. The minimum Gasteiger partial charge on any atom is -0.356 e. The number of aliphatic imine (C=N–C) groups is 1. The van der Waals surface area contributed by atoms with Gasteiger partial charge >= 0.3 is 0 Å². The van der Waals surface area contributed by atoms with Gasteiger partial charge in [-0.15, -0.1) is 11.3 Å². The van der Waals surface area contributed by atoms with Crippen LogP contribution in [0.25, 0.3) is 0 Å². The van der Waals surface area contributed by atoms with Crippen molar-refractivity contribution in [3.05, 3.63) is 45.5 Å². The molecular weight excluding hydrogens is 361 g/mol. The Kier molecular flexibility index (Phi) is 6.09. The van der Waals surface area contributed by atoms with E-state index in [0.717, 1.165) is 36.2 Å². The van der Waals surface area contributed by atoms with Crippen LogP contribution in [-0.4, -0.2) is 43.7 Å². The van der Waals surface area contributed by atoms with Gasteiger partial charge in [0.1, 0.15) is 0 Å². The molecule has 3 rings (SSSR count). The highest BCUT2D eigenvalue weighted by Crippen LogP contribution is 2.22. The second-order valence-corrected chi connectivity index (χ2v) is 7.64. The molecule has 25 heavy (non-hydrogen) atoms. The number of nitrogens with one attached hydrogen (secondary N) is 2. The number of aromatic nitrogens is 1. The average molecular weight is 382 g/mol. The van der Waals surface area contributed by atoms with Gasteiger partial charge in [0, 0.05) is 43.8 Å². The number of anilines is 1. The van der Waals surface area contributed by atoms with Gasteiger partial charge in [0.2, 0.25) is 0 Å². The molecule has 1 unspecified atom stereocenters. The third-order valence-electron chi connectivity index (χ3n) is 4.08. The molecular formula is C17H21ClFN5S. The molecule has 1 aliphatic rings. The summed E-state index contributed by atoms with van der Waals surface area (Å²) in [5.41, 5.74) is 0. The van der Waals surface area contributed by atoms with Gasteiger partial charge < -0.3 is 15.5 Å². The molecule has 2 aromatic heterocycles. The Balaban J connectivity index is 1.47. The Morgan fingerprint density at radius 2 is 2.36 bits per heavy atom. The van der Waals surface area contributed by atoms with E-state index >= 15 is 0 Å². The van der Waals surface area contributed by atoms with Gasteiger partial charge in [0.25, 0.3) is 0 Å². The number of rotatable bonds is 5. The number of halogens is 2. The summed E-state index contributed by atoms with van der Waals surface area (Å²) in [5.74, 6) is 0.903. The van der Waals surface area contributed by atoms with E-state index in [2.05, 4.69) is 20.6 Å². The molecule has 1 saturated heterocycles. The molecule has 2 N–H and O–H groups in total. The highest BCUT2D eigenvalue weighted by atomic mass is 35.5. The number of thiophene rings is 1. The Morgan fingerprint density at radius 3 is 3.08 bits per heavy atom. The van der Waals surface area contributed by atoms with E-state index in [0.29, 0.717) is 12.4 Å². The van der Waals surface area contributed by atoms with E-state index in [4.69, 9.17) is 11.6 Å². The molecule has 0 saturated carbocycles. The molecule has 0 amide bonds. The number of pyridine rings is 1. The third kappa shape index (κ3) is 4.83. The van der Waals surface area contributed by atoms with Crippen LogP contribution in [0, 0.1) is 5.82 Å². The summed E-state index contributed by atoms with van der Waals surface area (Å²) in [6, 6.07) is 7.22. The summed E-state index contributed by atoms with van der Waals surface area (Å²) in [5, 5.41) is 6.71. The standard InChI is InChI=1S/C17H21ClFN5S/c1-20-17(22-9-6-13-4-5-15(18)25-13)23-12-7-10-24(11-12)16-14(19)3-2-8-21-16/h2-5,8,12H,6-7,9-11H2,1H3,(H2,20,22,23). The van der Waals surface area contributed by atoms with Gasteiger partial charge in [-0.3, -0.25) is 4.99 Å². The molecule has 0 radical (unpaired) electrons. The summed E-state index contributed by atoms with van der Waals surface area (Å²) >= 11 is 7.54. The Bertz CT molecular complexity index is 735. The van der Waals surface area contributed by atoms with E-state index < -0.39 is 0 Å². The molecule has 3 heterocycles. The van der Waals surface area contributed by atoms with Crippen molar-refractivity contribution in [2.24, 2.45) is 4.99 Å². The van der Waals surface area contributed by atoms with E-state index in [1.165, 1.54) is 10.9 Å². The molecule has 8 heteroatoms. The van der Waals surface area contributed by atoms with Gasteiger partial charge in [-0.05, 0) is 37.1 Å². The molecule has 1 aliphatic heterocycles. The Hall–Kier alpha value is -1.86. The highest BCUT2D eigenvalue weighted by Gasteiger charge is 2.25. The summed E-state index contributed by atoms with van der Waals surface area (Å²) in [6.07, 6.45) is 3.43. The minimum atomic E-state index is -0.278. The lowest BCUT2D eigenvalue weighted by molar-refractivity contribution is 0.612. The van der Waals surface area contributed by atoms with E-state index in [1.807, 2.05) is 17.0 Å². The van der Waals surface area contributed by atoms with Crippen molar-refractivity contribution in [2.75, 3.05) is 31.6 Å². The summed E-state index contributed by atoms with van der Waals surface area (Å²) in [4.78, 5) is 11.6. The largest absolute Gasteiger partial charge is 0.356 e. The highest BCUT2D eigenvalue weighted by molar-refractivity contribution is 7.16. The zero-order chi connectivity index (χ0) is 17.6. The van der Waals surface area contributed by atoms with Crippen LogP contribution in [0.1, 0.15) is 11.3 Å². The number of nitrogens with zero attached hydrogens (tertiary/aromatic N) is 3. The fraction of sp³-hybridized carbons (Fsp3) is 0.412. The van der Waals surface area contributed by atoms with E-state index in [-0.39, 0.29) is 11.9 Å². The maximum absolute atomic E-state index is 13.9. The third-order valence-corrected chi connectivity index (χ3v) is 5.37. The van der Waals surface area contributed by atoms with Crippen molar-refractivity contribution >= 4 is 34.7 Å². The lowest BCUT2D eigenvalue weighted by Crippen LogP contribution is -2.45. The first-order chi connectivity index (χ1) is 12.2. The van der Waals surface area contributed by atoms with Gasteiger partial charge in [-0.1, -0.05) is 11.6 Å². The predicted molar refractivity (Wildman–Crippen MR) is 102 cm³/mol. The Labute approximate surface area is 155 Å². The number of hydrogen-bond acceptors (Lipinski definition) is 4. The van der Waals surface area contributed by atoms with Crippen LogP contribution in [0.4, 0.5) is 10.2 Å². The van der Waals surface area contributed by atoms with Crippen molar-refractivity contribution in [2.45, 2.75) is 18.9 Å². The minimum absolute atomic E-state index is 0.212. The van der Waals surface area contributed by atoms with Gasteiger partial charge in [-0.25, -0.2) is 9.37 Å². The number of guanidine groups is 1. The lowest BCUT2D eigenvalue weighted by Gasteiger charge is -2.19. The van der Waals surface area contributed by atoms with Crippen LogP contribution >= 0.6 is 22.9 Å².